The second kappa shape index (κ2) is 13.4. The molecule has 0 saturated heterocycles. The normalized spacial score (nSPS) is 10.8. The molecule has 0 fully saturated rings. The van der Waals surface area contributed by atoms with E-state index in [9.17, 15) is 5.11 Å². The Balaban J connectivity index is 0.000000451. The van der Waals surface area contributed by atoms with E-state index >= 15 is 0 Å². The van der Waals surface area contributed by atoms with Gasteiger partial charge in [0.25, 0.3) is 0 Å². The first kappa shape index (κ1) is 23.1. The van der Waals surface area contributed by atoms with E-state index in [0.29, 0.717) is 16.7 Å². The Morgan fingerprint density at radius 3 is 2.28 bits per heavy atom. The number of thioether (sulfide) groups is 1. The molecule has 1 atom stereocenters. The number of para-hydroxylation sites is 1. The average Bonchev–Trinajstić information content (AvgIpc) is 2.61. The fourth-order valence-corrected chi connectivity index (χ4v) is 2.97. The van der Waals surface area contributed by atoms with Gasteiger partial charge in [0.2, 0.25) is 0 Å². The van der Waals surface area contributed by atoms with E-state index in [2.05, 4.69) is 12.2 Å². The number of benzene rings is 2. The highest BCUT2D eigenvalue weighted by atomic mass is 32.2. The van der Waals surface area contributed by atoms with Crippen molar-refractivity contribution in [2.24, 2.45) is 0 Å². The Kier molecular flexibility index (Phi) is 12.4. The highest BCUT2D eigenvalue weighted by Crippen LogP contribution is 2.33. The van der Waals surface area contributed by atoms with Gasteiger partial charge >= 0.3 is 0 Å². The largest absolute Gasteiger partial charge is 0.508 e. The summed E-state index contributed by atoms with van der Waals surface area (Å²) < 4.78 is 0. The number of phenolic OH excluding ortho intramolecular Hbond substituents is 2. The summed E-state index contributed by atoms with van der Waals surface area (Å²) in [5, 5.41) is 21.9. The fraction of sp³-hybridized carbons (Fsp3) is 0.400. The summed E-state index contributed by atoms with van der Waals surface area (Å²) in [6, 6.07) is 12.4. The number of phenols is 2. The van der Waals surface area contributed by atoms with Crippen LogP contribution in [0.15, 0.2) is 42.5 Å². The van der Waals surface area contributed by atoms with Crippen LogP contribution in [0.1, 0.15) is 37.1 Å². The second-order valence-electron chi connectivity index (χ2n) is 5.22. The molecule has 1 unspecified atom stereocenters. The van der Waals surface area contributed by atoms with Crippen molar-refractivity contribution in [1.82, 2.24) is 5.32 Å². The van der Waals surface area contributed by atoms with Crippen molar-refractivity contribution in [3.8, 4) is 11.5 Å². The van der Waals surface area contributed by atoms with Gasteiger partial charge in [-0.2, -0.15) is 11.8 Å². The Hall–Kier alpha value is -1.85. The molecule has 0 radical (unpaired) electrons. The van der Waals surface area contributed by atoms with E-state index in [-0.39, 0.29) is 5.75 Å². The predicted octanol–water partition coefficient (Wildman–Crippen LogP) is 4.71. The second-order valence-corrected chi connectivity index (χ2v) is 6.66. The average molecular weight is 365 g/mol. The van der Waals surface area contributed by atoms with Gasteiger partial charge in [0.05, 0.1) is 0 Å². The number of hydrogen-bond donors (Lipinski definition) is 4. The Morgan fingerprint density at radius 1 is 1.12 bits per heavy atom. The number of nitrogen functional groups attached to an aromatic ring is 1. The molecule has 0 aliphatic heterocycles. The van der Waals surface area contributed by atoms with Crippen LogP contribution in [0.4, 0.5) is 5.69 Å². The molecule has 0 bridgehead atoms. The molecule has 0 aliphatic rings. The molecule has 25 heavy (non-hydrogen) atoms. The van der Waals surface area contributed by atoms with Gasteiger partial charge in [-0.05, 0) is 50.7 Å². The third-order valence-corrected chi connectivity index (χ3v) is 4.54. The molecule has 0 amide bonds. The molecule has 140 valence electrons. The quantitative estimate of drug-likeness (QED) is 0.351. The number of nitrogens with one attached hydrogen (secondary N) is 1. The summed E-state index contributed by atoms with van der Waals surface area (Å²) in [5.41, 5.74) is 8.13. The molecule has 0 spiro atoms. The van der Waals surface area contributed by atoms with E-state index in [1.807, 2.05) is 57.8 Å². The van der Waals surface area contributed by atoms with Crippen LogP contribution in [0.2, 0.25) is 0 Å². The summed E-state index contributed by atoms with van der Waals surface area (Å²) in [6.07, 6.45) is 0. The summed E-state index contributed by atoms with van der Waals surface area (Å²) in [7, 11) is 1.95. The van der Waals surface area contributed by atoms with Gasteiger partial charge in [0.1, 0.15) is 11.5 Å². The molecule has 0 saturated carbocycles. The van der Waals surface area contributed by atoms with Crippen LogP contribution in [-0.4, -0.2) is 29.6 Å². The van der Waals surface area contributed by atoms with Crippen molar-refractivity contribution >= 4 is 17.4 Å². The lowest BCUT2D eigenvalue weighted by molar-refractivity contribution is 0.468. The third kappa shape index (κ3) is 9.27. The van der Waals surface area contributed by atoms with Gasteiger partial charge in [-0.15, -0.1) is 0 Å². The van der Waals surface area contributed by atoms with Crippen LogP contribution in [0, 0.1) is 6.92 Å². The van der Waals surface area contributed by atoms with Crippen molar-refractivity contribution in [1.29, 1.82) is 0 Å². The zero-order chi connectivity index (χ0) is 19.2. The van der Waals surface area contributed by atoms with E-state index in [0.717, 1.165) is 23.4 Å². The van der Waals surface area contributed by atoms with Crippen molar-refractivity contribution in [3.05, 3.63) is 53.6 Å². The smallest absolute Gasteiger partial charge is 0.119 e. The zero-order valence-electron chi connectivity index (χ0n) is 15.9. The van der Waals surface area contributed by atoms with E-state index in [4.69, 9.17) is 10.8 Å². The highest BCUT2D eigenvalue weighted by molar-refractivity contribution is 7.99. The van der Waals surface area contributed by atoms with Crippen molar-refractivity contribution in [2.75, 3.05) is 25.1 Å². The van der Waals surface area contributed by atoms with Gasteiger partial charge in [-0.1, -0.05) is 32.0 Å². The van der Waals surface area contributed by atoms with Crippen molar-refractivity contribution in [3.63, 3.8) is 0 Å². The molecule has 0 aromatic heterocycles. The minimum Gasteiger partial charge on any atom is -0.508 e. The molecule has 2 rings (SSSR count). The SMILES string of the molecule is CC.CNCCSC(C)c1ccccc1O.Cc1cc(O)ccc1N. The Bertz CT molecular complexity index is 606. The fourth-order valence-electron chi connectivity index (χ4n) is 1.92. The van der Waals surface area contributed by atoms with E-state index in [1.54, 1.807) is 24.3 Å². The first-order valence-electron chi connectivity index (χ1n) is 8.55. The maximum atomic E-state index is 9.61. The van der Waals surface area contributed by atoms with Gasteiger partial charge < -0.3 is 21.3 Å². The van der Waals surface area contributed by atoms with Gasteiger partial charge in [-0.25, -0.2) is 0 Å². The lowest BCUT2D eigenvalue weighted by Gasteiger charge is -2.12. The van der Waals surface area contributed by atoms with Crippen LogP contribution in [0.5, 0.6) is 11.5 Å². The summed E-state index contributed by atoms with van der Waals surface area (Å²) in [5.74, 6) is 1.73. The molecular formula is C20H32N2O2S. The zero-order valence-corrected chi connectivity index (χ0v) is 16.7. The third-order valence-electron chi connectivity index (χ3n) is 3.35. The van der Waals surface area contributed by atoms with Crippen LogP contribution in [0.3, 0.4) is 0 Å². The monoisotopic (exact) mass is 364 g/mol. The number of aryl methyl sites for hydroxylation is 1. The summed E-state index contributed by atoms with van der Waals surface area (Å²) in [6.45, 7) is 8.98. The van der Waals surface area contributed by atoms with Crippen LogP contribution in [-0.2, 0) is 0 Å². The molecule has 5 N–H and O–H groups in total. The Morgan fingerprint density at radius 2 is 1.76 bits per heavy atom. The molecule has 5 heteroatoms. The number of aromatic hydroxyl groups is 2. The number of anilines is 1. The molecule has 2 aromatic rings. The van der Waals surface area contributed by atoms with Gasteiger partial charge in [0, 0.05) is 28.8 Å². The van der Waals surface area contributed by atoms with Crippen LogP contribution < -0.4 is 11.1 Å². The van der Waals surface area contributed by atoms with Crippen molar-refractivity contribution in [2.45, 2.75) is 32.9 Å². The topological polar surface area (TPSA) is 78.5 Å². The summed E-state index contributed by atoms with van der Waals surface area (Å²) >= 11 is 1.85. The van der Waals surface area contributed by atoms with Crippen LogP contribution in [0.25, 0.3) is 0 Å². The molecule has 0 heterocycles. The summed E-state index contributed by atoms with van der Waals surface area (Å²) in [4.78, 5) is 0. The highest BCUT2D eigenvalue weighted by Gasteiger charge is 2.08. The number of rotatable bonds is 5. The molecule has 4 nitrogen and oxygen atoms in total. The Labute approximate surface area is 156 Å². The number of nitrogens with two attached hydrogens (primary N) is 1. The minimum absolute atomic E-state index is 0.265. The lowest BCUT2D eigenvalue weighted by Crippen LogP contribution is -2.10. The standard InChI is InChI=1S/C11H17NOS.C7H9NO.C2H6/c1-9(14-8-7-12-2)10-5-3-4-6-11(10)13;1-5-4-6(9)2-3-7(5)8;1-2/h3-6,9,12-13H,7-8H2,1-2H3;2-4,9H,8H2,1H3;1-2H3. The first-order chi connectivity index (χ1) is 12.0. The van der Waals surface area contributed by atoms with Crippen LogP contribution >= 0.6 is 11.8 Å². The maximum absolute atomic E-state index is 9.61. The molecular weight excluding hydrogens is 332 g/mol. The minimum atomic E-state index is 0.265. The number of hydrogen-bond acceptors (Lipinski definition) is 5. The first-order valence-corrected chi connectivity index (χ1v) is 9.59. The lowest BCUT2D eigenvalue weighted by atomic mass is 10.1. The molecule has 0 aliphatic carbocycles. The van der Waals surface area contributed by atoms with E-state index < -0.39 is 0 Å². The van der Waals surface area contributed by atoms with Gasteiger partial charge in [-0.3, -0.25) is 0 Å². The maximum Gasteiger partial charge on any atom is 0.119 e. The molecule has 2 aromatic carbocycles. The van der Waals surface area contributed by atoms with E-state index in [1.165, 1.54) is 0 Å². The van der Waals surface area contributed by atoms with Gasteiger partial charge in [0.15, 0.2) is 0 Å². The predicted molar refractivity (Wildman–Crippen MR) is 112 cm³/mol. The van der Waals surface area contributed by atoms with Crippen molar-refractivity contribution < 1.29 is 10.2 Å².